The Hall–Kier alpha value is -0.900. The zero-order valence-electron chi connectivity index (χ0n) is 12.2. The molecule has 0 aromatic carbocycles. The molecule has 0 radical (unpaired) electrons. The van der Waals surface area contributed by atoms with Crippen molar-refractivity contribution in [3.05, 3.63) is 21.9 Å². The second-order valence-electron chi connectivity index (χ2n) is 5.54. The van der Waals surface area contributed by atoms with Gasteiger partial charge >= 0.3 is 0 Å². The first-order valence-corrected chi connectivity index (χ1v) is 7.79. The Kier molecular flexibility index (Phi) is 5.58. The van der Waals surface area contributed by atoms with Gasteiger partial charge in [-0.05, 0) is 26.6 Å². The first-order chi connectivity index (χ1) is 9.58. The van der Waals surface area contributed by atoms with E-state index in [0.29, 0.717) is 12.6 Å². The molecule has 0 spiro atoms. The monoisotopic (exact) mass is 293 g/mol. The molecule has 2 atom stereocenters. The minimum absolute atomic E-state index is 0.198. The van der Waals surface area contributed by atoms with Crippen LogP contribution >= 0.6 is 11.3 Å². The van der Waals surface area contributed by atoms with Crippen molar-refractivity contribution in [2.75, 3.05) is 33.7 Å². The molecule has 110 valence electrons. The number of nitrogens with two attached hydrogens (primary N) is 1. The van der Waals surface area contributed by atoms with Gasteiger partial charge in [0.2, 0.25) is 0 Å². The third kappa shape index (κ3) is 4.30. The summed E-state index contributed by atoms with van der Waals surface area (Å²) in [6.45, 7) is 3.04. The minimum atomic E-state index is -0.198. The van der Waals surface area contributed by atoms with Crippen molar-refractivity contribution in [1.82, 2.24) is 9.80 Å². The van der Waals surface area contributed by atoms with Crippen molar-refractivity contribution in [3.63, 3.8) is 0 Å². The van der Waals surface area contributed by atoms with Gasteiger partial charge in [-0.15, -0.1) is 11.3 Å². The minimum Gasteiger partial charge on any atom is -0.392 e. The molecule has 20 heavy (non-hydrogen) atoms. The molecule has 2 rings (SSSR count). The molecule has 2 heterocycles. The molecule has 1 fully saturated rings. The van der Waals surface area contributed by atoms with E-state index in [2.05, 4.69) is 47.2 Å². The van der Waals surface area contributed by atoms with Gasteiger partial charge in [0.15, 0.2) is 0 Å². The highest BCUT2D eigenvalue weighted by Gasteiger charge is 2.31. The maximum Gasteiger partial charge on any atom is 0.0682 e. The summed E-state index contributed by atoms with van der Waals surface area (Å²) in [4.78, 5) is 5.85. The van der Waals surface area contributed by atoms with Crippen LogP contribution in [0.2, 0.25) is 0 Å². The fraction of sp³-hybridized carbons (Fsp3) is 0.600. The molecular formula is C15H23N3OS. The molecule has 1 aliphatic rings. The van der Waals surface area contributed by atoms with Crippen LogP contribution in [0, 0.1) is 11.8 Å². The third-order valence-electron chi connectivity index (χ3n) is 3.43. The summed E-state index contributed by atoms with van der Waals surface area (Å²) in [6.07, 6.45) is 0.667. The van der Waals surface area contributed by atoms with Gasteiger partial charge in [-0.2, -0.15) is 0 Å². The van der Waals surface area contributed by atoms with Crippen LogP contribution in [0.3, 0.4) is 0 Å². The lowest BCUT2D eigenvalue weighted by Gasteiger charge is -2.26. The summed E-state index contributed by atoms with van der Waals surface area (Å²) in [7, 11) is 4.16. The number of likely N-dealkylation sites (N-methyl/N-ethyl adjacent to an activating group) is 1. The lowest BCUT2D eigenvalue weighted by atomic mass is 10.2. The van der Waals surface area contributed by atoms with E-state index < -0.39 is 0 Å². The predicted octanol–water partition coefficient (Wildman–Crippen LogP) is 0.555. The number of thiophene rings is 1. The van der Waals surface area contributed by atoms with Crippen molar-refractivity contribution in [2.45, 2.75) is 25.1 Å². The first kappa shape index (κ1) is 15.5. The fourth-order valence-corrected chi connectivity index (χ4v) is 3.49. The first-order valence-electron chi connectivity index (χ1n) is 6.91. The Labute approximate surface area is 125 Å². The van der Waals surface area contributed by atoms with Crippen LogP contribution in [0.25, 0.3) is 0 Å². The Bertz CT molecular complexity index is 489. The van der Waals surface area contributed by atoms with Gasteiger partial charge in [-0.1, -0.05) is 11.8 Å². The summed E-state index contributed by atoms with van der Waals surface area (Å²) in [5.74, 6) is 5.94. The van der Waals surface area contributed by atoms with E-state index in [0.717, 1.165) is 31.6 Å². The number of nitrogens with zero attached hydrogens (tertiary/aromatic N) is 2. The molecule has 0 aliphatic carbocycles. The second-order valence-corrected chi connectivity index (χ2v) is 6.54. The van der Waals surface area contributed by atoms with Crippen molar-refractivity contribution in [2.24, 2.45) is 5.73 Å². The summed E-state index contributed by atoms with van der Waals surface area (Å²) in [5, 5.41) is 12.0. The molecule has 1 aromatic heterocycles. The van der Waals surface area contributed by atoms with Gasteiger partial charge in [0.25, 0.3) is 0 Å². The Morgan fingerprint density at radius 3 is 3.05 bits per heavy atom. The summed E-state index contributed by atoms with van der Waals surface area (Å²) >= 11 is 1.73. The molecule has 0 saturated carbocycles. The van der Waals surface area contributed by atoms with Crippen LogP contribution in [-0.4, -0.2) is 60.8 Å². The van der Waals surface area contributed by atoms with E-state index in [1.165, 1.54) is 4.88 Å². The van der Waals surface area contributed by atoms with Gasteiger partial charge < -0.3 is 15.7 Å². The average molecular weight is 293 g/mol. The average Bonchev–Trinajstić information content (AvgIpc) is 2.94. The van der Waals surface area contributed by atoms with Gasteiger partial charge in [-0.25, -0.2) is 0 Å². The van der Waals surface area contributed by atoms with Crippen LogP contribution in [0.4, 0.5) is 0 Å². The highest BCUT2D eigenvalue weighted by Crippen LogP contribution is 2.24. The number of hydrogen-bond acceptors (Lipinski definition) is 5. The molecular weight excluding hydrogens is 270 g/mol. The molecule has 1 aromatic rings. The summed E-state index contributed by atoms with van der Waals surface area (Å²) in [6, 6.07) is 2.56. The van der Waals surface area contributed by atoms with E-state index in [9.17, 15) is 5.11 Å². The third-order valence-corrected chi connectivity index (χ3v) is 4.35. The quantitative estimate of drug-likeness (QED) is 0.796. The molecule has 5 heteroatoms. The number of rotatable bonds is 4. The predicted molar refractivity (Wildman–Crippen MR) is 83.6 cm³/mol. The van der Waals surface area contributed by atoms with E-state index in [4.69, 9.17) is 5.73 Å². The largest absolute Gasteiger partial charge is 0.392 e. The topological polar surface area (TPSA) is 52.7 Å². The Balaban J connectivity index is 1.98. The molecule has 0 amide bonds. The highest BCUT2D eigenvalue weighted by molar-refractivity contribution is 7.10. The van der Waals surface area contributed by atoms with Crippen molar-refractivity contribution in [1.29, 1.82) is 0 Å². The Morgan fingerprint density at radius 1 is 1.55 bits per heavy atom. The standard InChI is InChI=1S/C15H23N3OS/c1-17(2)8-13-7-14(19)9-18(13)10-15-6-12(11-20-15)4-3-5-16/h6,11,13-14,19H,5,7-10,16H2,1-2H3. The highest BCUT2D eigenvalue weighted by atomic mass is 32.1. The zero-order chi connectivity index (χ0) is 14.5. The van der Waals surface area contributed by atoms with E-state index in [1.807, 2.05) is 0 Å². The normalized spacial score (nSPS) is 23.1. The van der Waals surface area contributed by atoms with Crippen LogP contribution in [-0.2, 0) is 6.54 Å². The molecule has 0 bridgehead atoms. The number of hydrogen-bond donors (Lipinski definition) is 2. The van der Waals surface area contributed by atoms with E-state index in [1.54, 1.807) is 11.3 Å². The maximum absolute atomic E-state index is 9.89. The molecule has 2 unspecified atom stereocenters. The van der Waals surface area contributed by atoms with Crippen molar-refractivity contribution >= 4 is 11.3 Å². The number of likely N-dealkylation sites (tertiary alicyclic amines) is 1. The van der Waals surface area contributed by atoms with Crippen LogP contribution in [0.1, 0.15) is 16.9 Å². The van der Waals surface area contributed by atoms with E-state index in [-0.39, 0.29) is 6.10 Å². The smallest absolute Gasteiger partial charge is 0.0682 e. The van der Waals surface area contributed by atoms with Crippen LogP contribution in [0.5, 0.6) is 0 Å². The van der Waals surface area contributed by atoms with Crippen LogP contribution in [0.15, 0.2) is 11.4 Å². The van der Waals surface area contributed by atoms with Crippen molar-refractivity contribution < 1.29 is 5.11 Å². The number of aliphatic hydroxyl groups is 1. The van der Waals surface area contributed by atoms with Crippen molar-refractivity contribution in [3.8, 4) is 11.8 Å². The summed E-state index contributed by atoms with van der Waals surface area (Å²) in [5.41, 5.74) is 6.43. The van der Waals surface area contributed by atoms with Gasteiger partial charge in [-0.3, -0.25) is 4.90 Å². The maximum atomic E-state index is 9.89. The second kappa shape index (κ2) is 7.21. The Morgan fingerprint density at radius 2 is 2.35 bits per heavy atom. The number of aliphatic hydroxyl groups excluding tert-OH is 1. The van der Waals surface area contributed by atoms with E-state index >= 15 is 0 Å². The van der Waals surface area contributed by atoms with Crippen LogP contribution < -0.4 is 5.73 Å². The summed E-state index contributed by atoms with van der Waals surface area (Å²) < 4.78 is 0. The fourth-order valence-electron chi connectivity index (χ4n) is 2.64. The lowest BCUT2D eigenvalue weighted by molar-refractivity contribution is 0.170. The van der Waals surface area contributed by atoms with Gasteiger partial charge in [0, 0.05) is 41.5 Å². The zero-order valence-corrected chi connectivity index (χ0v) is 13.0. The number of β-amino-alcohol motifs (C(OH)–C–C–N with tert-alkyl or cyclic N) is 1. The molecule has 1 saturated heterocycles. The molecule has 1 aliphatic heterocycles. The van der Waals surface area contributed by atoms with Gasteiger partial charge in [0.05, 0.1) is 12.6 Å². The van der Waals surface area contributed by atoms with Gasteiger partial charge in [0.1, 0.15) is 0 Å². The lowest BCUT2D eigenvalue weighted by Crippen LogP contribution is -2.36. The molecule has 3 N–H and O–H groups in total. The SMILES string of the molecule is CN(C)CC1CC(O)CN1Cc1cc(C#CCN)cs1. The molecule has 4 nitrogen and oxygen atoms in total.